The van der Waals surface area contributed by atoms with E-state index in [0.29, 0.717) is 42.0 Å². The van der Waals surface area contributed by atoms with Crippen LogP contribution >= 0.6 is 0 Å². The van der Waals surface area contributed by atoms with E-state index in [9.17, 15) is 0 Å². The van der Waals surface area contributed by atoms with Crippen LogP contribution in [0, 0.1) is 6.92 Å². The van der Waals surface area contributed by atoms with Crippen LogP contribution in [0.15, 0.2) is 42.6 Å². The Labute approximate surface area is 162 Å². The summed E-state index contributed by atoms with van der Waals surface area (Å²) in [5.41, 5.74) is 16.5. The molecule has 3 rings (SSSR count). The summed E-state index contributed by atoms with van der Waals surface area (Å²) in [5.74, 6) is 1.79. The first-order valence-corrected chi connectivity index (χ1v) is 8.66. The second-order valence-electron chi connectivity index (χ2n) is 6.08. The van der Waals surface area contributed by atoms with Gasteiger partial charge in [0.1, 0.15) is 11.5 Å². The summed E-state index contributed by atoms with van der Waals surface area (Å²) in [5, 5.41) is 18.3. The Kier molecular flexibility index (Phi) is 5.92. The highest BCUT2D eigenvalue weighted by Gasteiger charge is 2.06. The number of aryl methyl sites for hydroxylation is 1. The largest absolute Gasteiger partial charge is 0.394 e. The maximum Gasteiger partial charge on any atom is 0.224 e. The molecule has 0 amide bonds. The van der Waals surface area contributed by atoms with Gasteiger partial charge in [0, 0.05) is 18.8 Å². The van der Waals surface area contributed by atoms with Crippen LogP contribution in [0.1, 0.15) is 5.56 Å². The van der Waals surface area contributed by atoms with Crippen molar-refractivity contribution in [1.29, 1.82) is 0 Å². The molecule has 146 valence electrons. The van der Waals surface area contributed by atoms with Gasteiger partial charge in [0.2, 0.25) is 5.95 Å². The third-order valence-corrected chi connectivity index (χ3v) is 3.89. The van der Waals surface area contributed by atoms with Gasteiger partial charge >= 0.3 is 0 Å². The molecule has 0 aliphatic rings. The minimum absolute atomic E-state index is 0.203. The van der Waals surface area contributed by atoms with Gasteiger partial charge in [-0.2, -0.15) is 4.98 Å². The molecule has 28 heavy (non-hydrogen) atoms. The SMILES string of the molecule is Cc1ccc(Nc2nc(NCCNc3ccc(NO)c(N)n3)ncc2N)cc1. The van der Waals surface area contributed by atoms with E-state index in [1.165, 1.54) is 5.56 Å². The van der Waals surface area contributed by atoms with Crippen LogP contribution in [-0.4, -0.2) is 33.2 Å². The van der Waals surface area contributed by atoms with Gasteiger partial charge in [-0.15, -0.1) is 0 Å². The number of aromatic nitrogens is 3. The number of nitrogens with two attached hydrogens (primary N) is 2. The average molecular weight is 381 g/mol. The van der Waals surface area contributed by atoms with Crippen molar-refractivity contribution in [3.63, 3.8) is 0 Å². The lowest BCUT2D eigenvalue weighted by atomic mass is 10.2. The van der Waals surface area contributed by atoms with Crippen molar-refractivity contribution in [2.75, 3.05) is 46.0 Å². The summed E-state index contributed by atoms with van der Waals surface area (Å²) in [4.78, 5) is 12.7. The van der Waals surface area contributed by atoms with Crippen molar-refractivity contribution in [3.05, 3.63) is 48.2 Å². The molecule has 2 heterocycles. The Morgan fingerprint density at radius 3 is 2.43 bits per heavy atom. The molecule has 0 saturated carbocycles. The fourth-order valence-electron chi connectivity index (χ4n) is 2.38. The smallest absolute Gasteiger partial charge is 0.224 e. The van der Waals surface area contributed by atoms with Gasteiger partial charge in [-0.25, -0.2) is 9.97 Å². The van der Waals surface area contributed by atoms with Crippen LogP contribution in [0.5, 0.6) is 0 Å². The summed E-state index contributed by atoms with van der Waals surface area (Å²) in [7, 11) is 0. The number of pyridine rings is 1. The van der Waals surface area contributed by atoms with Crippen molar-refractivity contribution in [1.82, 2.24) is 15.0 Å². The lowest BCUT2D eigenvalue weighted by Gasteiger charge is -2.12. The summed E-state index contributed by atoms with van der Waals surface area (Å²) >= 11 is 0. The van der Waals surface area contributed by atoms with E-state index < -0.39 is 0 Å². The lowest BCUT2D eigenvalue weighted by Crippen LogP contribution is -2.16. The monoisotopic (exact) mass is 381 g/mol. The van der Waals surface area contributed by atoms with E-state index >= 15 is 0 Å². The van der Waals surface area contributed by atoms with Crippen molar-refractivity contribution in [2.45, 2.75) is 6.92 Å². The van der Waals surface area contributed by atoms with Crippen LogP contribution < -0.4 is 32.9 Å². The minimum Gasteiger partial charge on any atom is -0.394 e. The second-order valence-corrected chi connectivity index (χ2v) is 6.08. The Hall–Kier alpha value is -3.79. The van der Waals surface area contributed by atoms with E-state index in [1.807, 2.05) is 36.7 Å². The average Bonchev–Trinajstić information content (AvgIpc) is 2.69. The first-order chi connectivity index (χ1) is 13.5. The fraction of sp³-hybridized carbons (Fsp3) is 0.167. The van der Waals surface area contributed by atoms with Crippen LogP contribution in [0.25, 0.3) is 0 Å². The molecule has 9 N–H and O–H groups in total. The zero-order valence-electron chi connectivity index (χ0n) is 15.4. The van der Waals surface area contributed by atoms with Crippen molar-refractivity contribution in [2.24, 2.45) is 0 Å². The summed E-state index contributed by atoms with van der Waals surface area (Å²) in [6, 6.07) is 11.3. The van der Waals surface area contributed by atoms with Crippen molar-refractivity contribution < 1.29 is 5.21 Å². The zero-order chi connectivity index (χ0) is 19.9. The van der Waals surface area contributed by atoms with Crippen LogP contribution in [-0.2, 0) is 0 Å². The van der Waals surface area contributed by atoms with E-state index in [2.05, 4.69) is 30.9 Å². The van der Waals surface area contributed by atoms with E-state index in [0.717, 1.165) is 5.69 Å². The third kappa shape index (κ3) is 4.89. The Morgan fingerprint density at radius 2 is 1.71 bits per heavy atom. The standard InChI is InChI=1S/C18H23N9O/c1-11-2-4-12(5-3-11)24-17-13(19)10-23-18(26-17)22-9-8-21-15-7-6-14(27-28)16(20)25-15/h2-7,10,27-28H,8-9,19H2,1H3,(H3,20,21,25)(H2,22,23,24,26). The molecule has 0 spiro atoms. The molecule has 10 heteroatoms. The first-order valence-electron chi connectivity index (χ1n) is 8.66. The maximum absolute atomic E-state index is 8.87. The zero-order valence-corrected chi connectivity index (χ0v) is 15.4. The van der Waals surface area contributed by atoms with Gasteiger partial charge in [0.15, 0.2) is 11.6 Å². The molecule has 2 aromatic heterocycles. The highest BCUT2D eigenvalue weighted by atomic mass is 16.5. The minimum atomic E-state index is 0.203. The lowest BCUT2D eigenvalue weighted by molar-refractivity contribution is 0.389. The Balaban J connectivity index is 1.54. The normalized spacial score (nSPS) is 10.4. The Morgan fingerprint density at radius 1 is 0.964 bits per heavy atom. The van der Waals surface area contributed by atoms with Crippen LogP contribution in [0.4, 0.5) is 40.5 Å². The molecule has 0 saturated heterocycles. The van der Waals surface area contributed by atoms with Crippen LogP contribution in [0.3, 0.4) is 0 Å². The first kappa shape index (κ1) is 19.0. The van der Waals surface area contributed by atoms with Crippen molar-refractivity contribution in [3.8, 4) is 0 Å². The van der Waals surface area contributed by atoms with Gasteiger partial charge in [-0.05, 0) is 31.2 Å². The molecular formula is C18H23N9O. The molecule has 3 aromatic rings. The quantitative estimate of drug-likeness (QED) is 0.228. The number of nitrogens with zero attached hydrogens (tertiary/aromatic N) is 3. The number of nitrogens with one attached hydrogen (secondary N) is 4. The number of rotatable bonds is 8. The van der Waals surface area contributed by atoms with E-state index in [4.69, 9.17) is 16.7 Å². The van der Waals surface area contributed by atoms with Gasteiger partial charge in [0.05, 0.1) is 11.9 Å². The number of hydrogen-bond acceptors (Lipinski definition) is 10. The second kappa shape index (κ2) is 8.73. The van der Waals surface area contributed by atoms with E-state index in [-0.39, 0.29) is 5.82 Å². The predicted octanol–water partition coefficient (Wildman–Crippen LogP) is 2.41. The molecule has 0 atom stereocenters. The summed E-state index contributed by atoms with van der Waals surface area (Å²) in [6.45, 7) is 3.14. The molecular weight excluding hydrogens is 358 g/mol. The molecule has 1 aromatic carbocycles. The molecule has 0 radical (unpaired) electrons. The molecule has 10 nitrogen and oxygen atoms in total. The highest BCUT2D eigenvalue weighted by Crippen LogP contribution is 2.21. The number of anilines is 7. The molecule has 0 aliphatic carbocycles. The molecule has 0 unspecified atom stereocenters. The third-order valence-electron chi connectivity index (χ3n) is 3.89. The van der Waals surface area contributed by atoms with Gasteiger partial charge in [0.25, 0.3) is 0 Å². The Bertz CT molecular complexity index is 931. The number of benzene rings is 1. The number of nitrogen functional groups attached to an aromatic ring is 2. The van der Waals surface area contributed by atoms with Gasteiger partial charge in [-0.1, -0.05) is 17.7 Å². The fourth-order valence-corrected chi connectivity index (χ4v) is 2.38. The maximum atomic E-state index is 8.87. The topological polar surface area (TPSA) is 159 Å². The molecule has 0 fully saturated rings. The van der Waals surface area contributed by atoms with Crippen LogP contribution in [0.2, 0.25) is 0 Å². The molecule has 0 aliphatic heterocycles. The summed E-state index contributed by atoms with van der Waals surface area (Å²) in [6.07, 6.45) is 1.56. The van der Waals surface area contributed by atoms with E-state index in [1.54, 1.807) is 18.3 Å². The highest BCUT2D eigenvalue weighted by molar-refractivity contribution is 5.69. The molecule has 0 bridgehead atoms. The number of hydrogen-bond donors (Lipinski definition) is 7. The van der Waals surface area contributed by atoms with Gasteiger partial charge in [-0.3, -0.25) is 10.7 Å². The van der Waals surface area contributed by atoms with Crippen molar-refractivity contribution >= 4 is 40.5 Å². The predicted molar refractivity (Wildman–Crippen MR) is 112 cm³/mol. The summed E-state index contributed by atoms with van der Waals surface area (Å²) < 4.78 is 0. The van der Waals surface area contributed by atoms with Gasteiger partial charge < -0.3 is 27.4 Å².